The molecule has 0 spiro atoms. The summed E-state index contributed by atoms with van der Waals surface area (Å²) in [6.45, 7) is 0. The third kappa shape index (κ3) is 2.19. The molecule has 3 nitrogen and oxygen atoms in total. The highest BCUT2D eigenvalue weighted by atomic mass is 35.5. The molecule has 1 heterocycles. The molecule has 0 fully saturated rings. The second kappa shape index (κ2) is 4.04. The highest BCUT2D eigenvalue weighted by molar-refractivity contribution is 6.32. The van der Waals surface area contributed by atoms with Crippen LogP contribution in [0.4, 0.5) is 0 Å². The molecule has 0 saturated heterocycles. The quantitative estimate of drug-likeness (QED) is 0.780. The lowest BCUT2D eigenvalue weighted by Gasteiger charge is -2.01. The summed E-state index contributed by atoms with van der Waals surface area (Å²) >= 11 is 11.5. The number of phenolic OH excluding ortho intramolecular Hbond substituents is 1. The highest BCUT2D eigenvalue weighted by Gasteiger charge is 2.05. The summed E-state index contributed by atoms with van der Waals surface area (Å²) < 4.78 is 0. The van der Waals surface area contributed by atoms with E-state index in [0.717, 1.165) is 0 Å². The summed E-state index contributed by atoms with van der Waals surface area (Å²) in [6, 6.07) is 6.34. The second-order valence-corrected chi connectivity index (χ2v) is 3.66. The smallest absolute Gasteiger partial charge is 0.160 e. The van der Waals surface area contributed by atoms with E-state index in [4.69, 9.17) is 23.2 Å². The van der Waals surface area contributed by atoms with Gasteiger partial charge in [0, 0.05) is 11.8 Å². The van der Waals surface area contributed by atoms with Gasteiger partial charge in [0.05, 0.1) is 5.02 Å². The summed E-state index contributed by atoms with van der Waals surface area (Å²) in [7, 11) is 0. The van der Waals surface area contributed by atoms with E-state index in [1.807, 2.05) is 0 Å². The van der Waals surface area contributed by atoms with Crippen molar-refractivity contribution in [2.45, 2.75) is 0 Å². The van der Waals surface area contributed by atoms with Crippen LogP contribution < -0.4 is 0 Å². The van der Waals surface area contributed by atoms with Crippen LogP contribution >= 0.6 is 23.2 Å². The molecule has 0 amide bonds. The van der Waals surface area contributed by atoms with Gasteiger partial charge in [0.2, 0.25) is 0 Å². The van der Waals surface area contributed by atoms with Crippen LogP contribution in [0.25, 0.3) is 11.4 Å². The topological polar surface area (TPSA) is 46.0 Å². The minimum absolute atomic E-state index is 0.0300. The van der Waals surface area contributed by atoms with Gasteiger partial charge in [0.1, 0.15) is 10.9 Å². The van der Waals surface area contributed by atoms with Crippen LogP contribution in [0.2, 0.25) is 10.2 Å². The number of aromatic hydroxyl groups is 1. The van der Waals surface area contributed by atoms with E-state index in [1.165, 1.54) is 6.07 Å². The lowest BCUT2D eigenvalue weighted by molar-refractivity contribution is 0.475. The maximum Gasteiger partial charge on any atom is 0.160 e. The second-order valence-electron chi connectivity index (χ2n) is 2.87. The largest absolute Gasteiger partial charge is 0.506 e. The molecule has 0 aliphatic rings. The summed E-state index contributed by atoms with van der Waals surface area (Å²) in [5, 5.41) is 9.87. The average molecular weight is 241 g/mol. The van der Waals surface area contributed by atoms with Gasteiger partial charge in [-0.15, -0.1) is 0 Å². The maximum absolute atomic E-state index is 9.25. The van der Waals surface area contributed by atoms with Crippen LogP contribution in [0.3, 0.4) is 0 Å². The van der Waals surface area contributed by atoms with Gasteiger partial charge in [-0.1, -0.05) is 23.2 Å². The first-order valence-corrected chi connectivity index (χ1v) is 4.90. The van der Waals surface area contributed by atoms with Crippen LogP contribution in [0.5, 0.6) is 5.75 Å². The molecule has 1 N–H and O–H groups in total. The molecule has 0 saturated carbocycles. The van der Waals surface area contributed by atoms with Crippen molar-refractivity contribution < 1.29 is 5.11 Å². The lowest BCUT2D eigenvalue weighted by atomic mass is 10.2. The maximum atomic E-state index is 9.25. The van der Waals surface area contributed by atoms with Crippen LogP contribution in [0, 0.1) is 0 Å². The summed E-state index contributed by atoms with van der Waals surface area (Å²) in [5.41, 5.74) is 0.709. The molecule has 0 atom stereocenters. The van der Waals surface area contributed by atoms with E-state index in [1.54, 1.807) is 24.4 Å². The van der Waals surface area contributed by atoms with Gasteiger partial charge in [-0.25, -0.2) is 9.97 Å². The molecule has 15 heavy (non-hydrogen) atoms. The van der Waals surface area contributed by atoms with Gasteiger partial charge in [0.15, 0.2) is 5.82 Å². The lowest BCUT2D eigenvalue weighted by Crippen LogP contribution is -1.88. The molecule has 1 aromatic heterocycles. The number of benzene rings is 1. The fraction of sp³-hybridized carbons (Fsp3) is 0. The first kappa shape index (κ1) is 10.2. The monoisotopic (exact) mass is 240 g/mol. The molecule has 0 bridgehead atoms. The van der Waals surface area contributed by atoms with E-state index in [2.05, 4.69) is 9.97 Å². The number of nitrogens with zero attached hydrogens (tertiary/aromatic N) is 2. The molecular formula is C10H6Cl2N2O. The number of aromatic nitrogens is 2. The predicted octanol–water partition coefficient (Wildman–Crippen LogP) is 3.16. The Morgan fingerprint density at radius 3 is 2.60 bits per heavy atom. The Hall–Kier alpha value is -1.32. The Kier molecular flexibility index (Phi) is 2.75. The Balaban J connectivity index is 2.50. The van der Waals surface area contributed by atoms with Crippen LogP contribution in [0.1, 0.15) is 0 Å². The molecule has 1 aromatic carbocycles. The van der Waals surface area contributed by atoms with Gasteiger partial charge < -0.3 is 5.11 Å². The van der Waals surface area contributed by atoms with Crippen molar-refractivity contribution >= 4 is 23.2 Å². The van der Waals surface area contributed by atoms with Crippen molar-refractivity contribution in [1.82, 2.24) is 9.97 Å². The minimum atomic E-state index is 0.0300. The van der Waals surface area contributed by atoms with Gasteiger partial charge in [-0.2, -0.15) is 0 Å². The van der Waals surface area contributed by atoms with E-state index in [9.17, 15) is 5.11 Å². The molecule has 5 heteroatoms. The van der Waals surface area contributed by atoms with Crippen molar-refractivity contribution in [2.75, 3.05) is 0 Å². The van der Waals surface area contributed by atoms with Crippen LogP contribution in [-0.2, 0) is 0 Å². The summed E-state index contributed by atoms with van der Waals surface area (Å²) in [6.07, 6.45) is 1.56. The van der Waals surface area contributed by atoms with Crippen molar-refractivity contribution in [3.63, 3.8) is 0 Å². The molecule has 0 unspecified atom stereocenters. The third-order valence-electron chi connectivity index (χ3n) is 1.83. The van der Waals surface area contributed by atoms with Crippen molar-refractivity contribution in [1.29, 1.82) is 0 Å². The fourth-order valence-corrected chi connectivity index (χ4v) is 1.44. The Labute approximate surface area is 96.3 Å². The normalized spacial score (nSPS) is 10.3. The molecule has 0 radical (unpaired) electrons. The average Bonchev–Trinajstić information content (AvgIpc) is 2.22. The van der Waals surface area contributed by atoms with Crippen molar-refractivity contribution in [2.24, 2.45) is 0 Å². The van der Waals surface area contributed by atoms with Crippen molar-refractivity contribution in [3.8, 4) is 17.1 Å². The van der Waals surface area contributed by atoms with Crippen LogP contribution in [0.15, 0.2) is 30.5 Å². The predicted molar refractivity (Wildman–Crippen MR) is 59.2 cm³/mol. The Morgan fingerprint density at radius 1 is 1.13 bits per heavy atom. The van der Waals surface area contributed by atoms with Crippen molar-refractivity contribution in [3.05, 3.63) is 40.6 Å². The SMILES string of the molecule is Oc1ccc(-c2nccc(Cl)n2)cc1Cl. The number of hydrogen-bond acceptors (Lipinski definition) is 3. The molecular weight excluding hydrogens is 235 g/mol. The fourth-order valence-electron chi connectivity index (χ4n) is 1.12. The molecule has 2 aromatic rings. The zero-order valence-electron chi connectivity index (χ0n) is 7.48. The van der Waals surface area contributed by atoms with E-state index >= 15 is 0 Å². The van der Waals surface area contributed by atoms with E-state index in [0.29, 0.717) is 16.5 Å². The highest BCUT2D eigenvalue weighted by Crippen LogP contribution is 2.27. The third-order valence-corrected chi connectivity index (χ3v) is 2.34. The molecule has 0 aliphatic carbocycles. The Morgan fingerprint density at radius 2 is 1.93 bits per heavy atom. The Bertz CT molecular complexity index is 503. The number of hydrogen-bond donors (Lipinski definition) is 1. The molecule has 2 rings (SSSR count). The number of halogens is 2. The first-order valence-electron chi connectivity index (χ1n) is 4.14. The van der Waals surface area contributed by atoms with Crippen LogP contribution in [-0.4, -0.2) is 15.1 Å². The van der Waals surface area contributed by atoms with E-state index in [-0.39, 0.29) is 10.8 Å². The van der Waals surface area contributed by atoms with Gasteiger partial charge in [-0.3, -0.25) is 0 Å². The standard InChI is InChI=1S/C10H6Cl2N2O/c11-7-5-6(1-2-8(7)15)10-13-4-3-9(12)14-10/h1-5,15H. The minimum Gasteiger partial charge on any atom is -0.506 e. The number of rotatable bonds is 1. The first-order chi connectivity index (χ1) is 7.16. The molecule has 76 valence electrons. The summed E-state index contributed by atoms with van der Waals surface area (Å²) in [4.78, 5) is 8.07. The zero-order valence-corrected chi connectivity index (χ0v) is 9.00. The number of phenols is 1. The molecule has 0 aliphatic heterocycles. The van der Waals surface area contributed by atoms with Gasteiger partial charge >= 0.3 is 0 Å². The van der Waals surface area contributed by atoms with Gasteiger partial charge in [0.25, 0.3) is 0 Å². The van der Waals surface area contributed by atoms with Gasteiger partial charge in [-0.05, 0) is 24.3 Å². The summed E-state index contributed by atoms with van der Waals surface area (Å²) in [5.74, 6) is 0.506. The zero-order chi connectivity index (χ0) is 10.8. The van der Waals surface area contributed by atoms with E-state index < -0.39 is 0 Å².